The number of carbonyl (C=O) groups excluding carboxylic acids is 2. The number of methoxy groups -OCH3 is 1. The van der Waals surface area contributed by atoms with E-state index in [1.807, 2.05) is 34.6 Å². The molecule has 0 spiro atoms. The van der Waals surface area contributed by atoms with Gasteiger partial charge in [0.05, 0.1) is 28.3 Å². The van der Waals surface area contributed by atoms with Gasteiger partial charge in [0.2, 0.25) is 0 Å². The van der Waals surface area contributed by atoms with Gasteiger partial charge in [-0.2, -0.15) is 0 Å². The highest BCUT2D eigenvalue weighted by atomic mass is 32.2. The molecule has 0 saturated carbocycles. The van der Waals surface area contributed by atoms with Gasteiger partial charge in [0, 0.05) is 45.3 Å². The number of aryl methyl sites for hydroxylation is 1. The molecule has 0 bridgehead atoms. The minimum atomic E-state index is -3.86. The van der Waals surface area contributed by atoms with Crippen LogP contribution in [0, 0.1) is 12.8 Å². The highest BCUT2D eigenvalue weighted by Gasteiger charge is 2.30. The third-order valence-electron chi connectivity index (χ3n) is 6.70. The van der Waals surface area contributed by atoms with Crippen molar-refractivity contribution >= 4 is 27.6 Å². The first-order valence-electron chi connectivity index (χ1n) is 13.0. The van der Waals surface area contributed by atoms with Crippen molar-refractivity contribution in [2.45, 2.75) is 57.7 Å². The molecule has 2 aromatic carbocycles. The molecule has 11 heteroatoms. The van der Waals surface area contributed by atoms with E-state index in [4.69, 9.17) is 9.47 Å². The van der Waals surface area contributed by atoms with Crippen molar-refractivity contribution in [2.75, 3.05) is 38.6 Å². The average molecular weight is 561 g/mol. The van der Waals surface area contributed by atoms with Crippen molar-refractivity contribution in [3.8, 4) is 5.75 Å². The lowest BCUT2D eigenvalue weighted by atomic mass is 10.0. The van der Waals surface area contributed by atoms with Gasteiger partial charge in [-0.05, 0) is 52.0 Å². The molecule has 2 N–H and O–H groups in total. The molecule has 1 aliphatic rings. The van der Waals surface area contributed by atoms with Gasteiger partial charge in [0.1, 0.15) is 12.4 Å². The third-order valence-corrected chi connectivity index (χ3v) is 8.10. The van der Waals surface area contributed by atoms with Crippen LogP contribution >= 0.6 is 0 Å². The summed E-state index contributed by atoms with van der Waals surface area (Å²) in [6.45, 7) is 10.3. The van der Waals surface area contributed by atoms with E-state index in [1.54, 1.807) is 42.2 Å². The van der Waals surface area contributed by atoms with Crippen LogP contribution in [0.3, 0.4) is 0 Å². The second-order valence-corrected chi connectivity index (χ2v) is 12.2. The van der Waals surface area contributed by atoms with Gasteiger partial charge in [0.25, 0.3) is 15.9 Å². The van der Waals surface area contributed by atoms with E-state index in [2.05, 4.69) is 10.0 Å². The van der Waals surface area contributed by atoms with Gasteiger partial charge in [-0.25, -0.2) is 13.2 Å². The van der Waals surface area contributed by atoms with Crippen molar-refractivity contribution < 1.29 is 27.5 Å². The molecule has 0 saturated heterocycles. The number of nitrogens with one attached hydrogen (secondary N) is 2. The molecule has 0 aromatic heterocycles. The van der Waals surface area contributed by atoms with Gasteiger partial charge < -0.3 is 24.6 Å². The minimum absolute atomic E-state index is 0.0471. The summed E-state index contributed by atoms with van der Waals surface area (Å²) in [6, 6.07) is 10.5. The number of anilines is 1. The summed E-state index contributed by atoms with van der Waals surface area (Å²) in [5.41, 5.74) is 1.48. The van der Waals surface area contributed by atoms with Crippen LogP contribution in [0.1, 0.15) is 43.6 Å². The largest absolute Gasteiger partial charge is 0.491 e. The zero-order chi connectivity index (χ0) is 28.9. The molecule has 0 fully saturated rings. The first kappa shape index (κ1) is 30.2. The Hall–Kier alpha value is -3.31. The molecule has 0 radical (unpaired) electrons. The highest BCUT2D eigenvalue weighted by Crippen LogP contribution is 2.28. The summed E-state index contributed by atoms with van der Waals surface area (Å²) in [7, 11) is -0.588. The van der Waals surface area contributed by atoms with Crippen LogP contribution in [0.5, 0.6) is 5.75 Å². The monoisotopic (exact) mass is 560 g/mol. The molecule has 39 heavy (non-hydrogen) atoms. The predicted molar refractivity (Wildman–Crippen MR) is 151 cm³/mol. The van der Waals surface area contributed by atoms with Gasteiger partial charge in [0.15, 0.2) is 0 Å². The summed E-state index contributed by atoms with van der Waals surface area (Å²) in [6.07, 6.45) is -0.315. The fourth-order valence-electron chi connectivity index (χ4n) is 4.38. The molecule has 0 aliphatic carbocycles. The molecule has 0 unspecified atom stereocenters. The molecule has 1 heterocycles. The molecular formula is C28H40N4O6S. The molecule has 3 atom stereocenters. The van der Waals surface area contributed by atoms with E-state index in [9.17, 15) is 18.0 Å². The van der Waals surface area contributed by atoms with Crippen LogP contribution in [0.4, 0.5) is 10.5 Å². The molecular weight excluding hydrogens is 520 g/mol. The summed E-state index contributed by atoms with van der Waals surface area (Å²) in [4.78, 5) is 29.9. The Morgan fingerprint density at radius 1 is 1.10 bits per heavy atom. The van der Waals surface area contributed by atoms with E-state index < -0.39 is 10.0 Å². The molecule has 1 aliphatic heterocycles. The topological polar surface area (TPSA) is 117 Å². The lowest BCUT2D eigenvalue weighted by molar-refractivity contribution is 0.0165. The molecule has 3 rings (SSSR count). The standard InChI is InChI=1S/C28H40N4O6S/c1-18(2)29-28(34)32-15-20(4)26(37-7)16-31(6)27(33)24-13-10-22(14-25(24)38-17-21(32)5)30-39(35,36)23-11-8-19(3)9-12-23/h8-14,18,20-21,26,30H,15-17H2,1-7H3,(H,29,34)/t20-,21-,26-/m1/s1. The van der Waals surface area contributed by atoms with Gasteiger partial charge in [-0.3, -0.25) is 9.52 Å². The number of nitrogens with zero attached hydrogens (tertiary/aromatic N) is 2. The first-order chi connectivity index (χ1) is 18.3. The number of carbonyl (C=O) groups is 2. The van der Waals surface area contributed by atoms with Crippen molar-refractivity contribution in [3.63, 3.8) is 0 Å². The summed E-state index contributed by atoms with van der Waals surface area (Å²) >= 11 is 0. The Morgan fingerprint density at radius 2 is 1.77 bits per heavy atom. The fourth-order valence-corrected chi connectivity index (χ4v) is 5.43. The Kier molecular flexibility index (Phi) is 9.84. The van der Waals surface area contributed by atoms with Gasteiger partial charge in [-0.1, -0.05) is 24.6 Å². The van der Waals surface area contributed by atoms with E-state index in [0.717, 1.165) is 5.56 Å². The second-order valence-electron chi connectivity index (χ2n) is 10.5. The average Bonchev–Trinajstić information content (AvgIpc) is 2.87. The van der Waals surface area contributed by atoms with E-state index in [-0.39, 0.29) is 64.5 Å². The Morgan fingerprint density at radius 3 is 2.38 bits per heavy atom. The summed E-state index contributed by atoms with van der Waals surface area (Å²) < 4.78 is 40.3. The molecule has 2 aromatic rings. The predicted octanol–water partition coefficient (Wildman–Crippen LogP) is 3.72. The third kappa shape index (κ3) is 7.63. The maximum Gasteiger partial charge on any atom is 0.317 e. The zero-order valence-electron chi connectivity index (χ0n) is 23.7. The normalized spacial score (nSPS) is 20.9. The van der Waals surface area contributed by atoms with Crippen LogP contribution in [-0.2, 0) is 14.8 Å². The summed E-state index contributed by atoms with van der Waals surface area (Å²) in [5, 5.41) is 2.95. The molecule has 3 amide bonds. The number of benzene rings is 2. The maximum atomic E-state index is 13.4. The van der Waals surface area contributed by atoms with Crippen molar-refractivity contribution in [1.29, 1.82) is 0 Å². The number of urea groups is 1. The van der Waals surface area contributed by atoms with Crippen LogP contribution < -0.4 is 14.8 Å². The SMILES string of the molecule is CO[C@@H]1CN(C)C(=O)c2ccc(NS(=O)(=O)c3ccc(C)cc3)cc2OC[C@@H](C)N(C(=O)NC(C)C)C[C@H]1C. The van der Waals surface area contributed by atoms with Crippen LogP contribution in [0.2, 0.25) is 0 Å². The lowest BCUT2D eigenvalue weighted by Gasteiger charge is -2.36. The van der Waals surface area contributed by atoms with E-state index in [0.29, 0.717) is 13.1 Å². The fraction of sp³-hybridized carbons (Fsp3) is 0.500. The van der Waals surface area contributed by atoms with E-state index in [1.165, 1.54) is 24.3 Å². The van der Waals surface area contributed by atoms with Crippen molar-refractivity contribution in [2.24, 2.45) is 5.92 Å². The number of fused-ring (bicyclic) bond motifs is 1. The number of ether oxygens (including phenoxy) is 2. The van der Waals surface area contributed by atoms with Gasteiger partial charge >= 0.3 is 6.03 Å². The first-order valence-corrected chi connectivity index (χ1v) is 14.5. The number of rotatable bonds is 5. The Labute approximate surface area is 231 Å². The van der Waals surface area contributed by atoms with Crippen LogP contribution in [-0.4, -0.2) is 82.2 Å². The Balaban J connectivity index is 1.97. The van der Waals surface area contributed by atoms with Gasteiger partial charge in [-0.15, -0.1) is 0 Å². The summed E-state index contributed by atoms with van der Waals surface area (Å²) in [5.74, 6) is -0.132. The smallest absolute Gasteiger partial charge is 0.317 e. The number of hydrogen-bond acceptors (Lipinski definition) is 6. The molecule has 10 nitrogen and oxygen atoms in total. The van der Waals surface area contributed by atoms with Crippen molar-refractivity contribution in [3.05, 3.63) is 53.6 Å². The van der Waals surface area contributed by atoms with E-state index >= 15 is 0 Å². The highest BCUT2D eigenvalue weighted by molar-refractivity contribution is 7.92. The number of sulfonamides is 1. The van der Waals surface area contributed by atoms with Crippen molar-refractivity contribution in [1.82, 2.24) is 15.1 Å². The number of hydrogen-bond donors (Lipinski definition) is 2. The minimum Gasteiger partial charge on any atom is -0.491 e. The maximum absolute atomic E-state index is 13.4. The second kappa shape index (κ2) is 12.7. The zero-order valence-corrected chi connectivity index (χ0v) is 24.5. The van der Waals surface area contributed by atoms with Crippen LogP contribution in [0.15, 0.2) is 47.4 Å². The van der Waals surface area contributed by atoms with Crippen LogP contribution in [0.25, 0.3) is 0 Å². The lowest BCUT2D eigenvalue weighted by Crippen LogP contribution is -2.52. The number of amides is 3. The Bertz CT molecular complexity index is 1270. The number of likely N-dealkylation sites (N-methyl/N-ethyl adjacent to an activating group) is 1. The quantitative estimate of drug-likeness (QED) is 0.576. The molecule has 214 valence electrons.